The van der Waals surface area contributed by atoms with Crippen molar-refractivity contribution in [2.75, 3.05) is 11.2 Å². The fraction of sp³-hybridized carbons (Fsp3) is 0.200. The fourth-order valence-corrected chi connectivity index (χ4v) is 1.21. The Balaban J connectivity index is 3.22. The highest BCUT2D eigenvalue weighted by molar-refractivity contribution is 6.29. The molecule has 0 unspecified atom stereocenters. The first-order valence-electron chi connectivity index (χ1n) is 4.35. The third kappa shape index (κ3) is 3.36. The number of carbonyl (C=O) groups excluding carboxylic acids is 1. The standard InChI is InChI=1S/C10H6ClF3N2O/c11-4-9(17)16-8-2-1-6(5-15)3-7(8)10(12,13)14/h1-3H,4H2,(H,16,17). The first-order valence-corrected chi connectivity index (χ1v) is 4.89. The van der Waals surface area contributed by atoms with Crippen LogP contribution in [0, 0.1) is 11.3 Å². The molecule has 17 heavy (non-hydrogen) atoms. The van der Waals surface area contributed by atoms with Crippen LogP contribution in [0.25, 0.3) is 0 Å². The summed E-state index contributed by atoms with van der Waals surface area (Å²) in [5.74, 6) is -1.20. The molecule has 0 atom stereocenters. The van der Waals surface area contributed by atoms with Gasteiger partial charge in [0.2, 0.25) is 5.91 Å². The molecule has 0 bridgehead atoms. The SMILES string of the molecule is N#Cc1ccc(NC(=O)CCl)c(C(F)(F)F)c1. The Kier molecular flexibility index (Phi) is 3.97. The Morgan fingerprint density at radius 1 is 1.47 bits per heavy atom. The normalized spacial score (nSPS) is 10.8. The third-order valence-electron chi connectivity index (χ3n) is 1.85. The Morgan fingerprint density at radius 3 is 2.59 bits per heavy atom. The second-order valence-corrected chi connectivity index (χ2v) is 3.32. The number of halogens is 4. The summed E-state index contributed by atoms with van der Waals surface area (Å²) in [6, 6.07) is 4.47. The van der Waals surface area contributed by atoms with Crippen molar-refractivity contribution < 1.29 is 18.0 Å². The largest absolute Gasteiger partial charge is 0.418 e. The van der Waals surface area contributed by atoms with Gasteiger partial charge < -0.3 is 5.32 Å². The molecule has 0 fully saturated rings. The minimum atomic E-state index is -4.65. The zero-order chi connectivity index (χ0) is 13.1. The molecule has 0 aliphatic carbocycles. The molecule has 7 heteroatoms. The summed E-state index contributed by atoms with van der Waals surface area (Å²) < 4.78 is 37.9. The van der Waals surface area contributed by atoms with Gasteiger partial charge in [0.1, 0.15) is 5.88 Å². The van der Waals surface area contributed by atoms with Crippen LogP contribution in [0.4, 0.5) is 18.9 Å². The molecule has 0 aromatic heterocycles. The van der Waals surface area contributed by atoms with Crippen LogP contribution in [0.15, 0.2) is 18.2 Å². The first kappa shape index (κ1) is 13.3. The fourth-order valence-electron chi connectivity index (χ4n) is 1.14. The van der Waals surface area contributed by atoms with Gasteiger partial charge in [0, 0.05) is 0 Å². The van der Waals surface area contributed by atoms with Crippen LogP contribution in [0.5, 0.6) is 0 Å². The van der Waals surface area contributed by atoms with E-state index in [0.29, 0.717) is 6.07 Å². The first-order chi connectivity index (χ1) is 7.88. The van der Waals surface area contributed by atoms with Gasteiger partial charge in [0.25, 0.3) is 0 Å². The summed E-state index contributed by atoms with van der Waals surface area (Å²) in [6.07, 6.45) is -4.65. The Hall–Kier alpha value is -1.74. The van der Waals surface area contributed by atoms with Gasteiger partial charge in [0.05, 0.1) is 22.9 Å². The lowest BCUT2D eigenvalue weighted by molar-refractivity contribution is -0.137. The lowest BCUT2D eigenvalue weighted by Gasteiger charge is -2.13. The lowest BCUT2D eigenvalue weighted by atomic mass is 10.1. The quantitative estimate of drug-likeness (QED) is 0.833. The molecule has 90 valence electrons. The van der Waals surface area contributed by atoms with Crippen molar-refractivity contribution in [3.8, 4) is 6.07 Å². The predicted octanol–water partition coefficient (Wildman–Crippen LogP) is 2.75. The van der Waals surface area contributed by atoms with E-state index in [9.17, 15) is 18.0 Å². The number of amides is 1. The molecule has 1 amide bonds. The summed E-state index contributed by atoms with van der Waals surface area (Å²) in [4.78, 5) is 10.9. The van der Waals surface area contributed by atoms with E-state index in [4.69, 9.17) is 16.9 Å². The van der Waals surface area contributed by atoms with E-state index in [2.05, 4.69) is 0 Å². The van der Waals surface area contributed by atoms with Crippen molar-refractivity contribution in [3.05, 3.63) is 29.3 Å². The molecule has 0 radical (unpaired) electrons. The molecular formula is C10H6ClF3N2O. The smallest absolute Gasteiger partial charge is 0.324 e. The minimum Gasteiger partial charge on any atom is -0.324 e. The number of anilines is 1. The summed E-state index contributed by atoms with van der Waals surface area (Å²) in [6.45, 7) is 0. The number of carbonyl (C=O) groups is 1. The summed E-state index contributed by atoms with van der Waals surface area (Å²) >= 11 is 5.18. The zero-order valence-corrected chi connectivity index (χ0v) is 9.06. The molecule has 1 rings (SSSR count). The number of alkyl halides is 4. The maximum Gasteiger partial charge on any atom is 0.418 e. The van der Waals surface area contributed by atoms with Gasteiger partial charge in [-0.25, -0.2) is 0 Å². The number of nitrogens with zero attached hydrogens (tertiary/aromatic N) is 1. The number of hydrogen-bond acceptors (Lipinski definition) is 2. The average Bonchev–Trinajstić information content (AvgIpc) is 2.28. The molecule has 1 N–H and O–H groups in total. The highest BCUT2D eigenvalue weighted by Crippen LogP contribution is 2.35. The second kappa shape index (κ2) is 5.06. The van der Waals surface area contributed by atoms with E-state index in [-0.39, 0.29) is 5.56 Å². The van der Waals surface area contributed by atoms with E-state index in [1.807, 2.05) is 5.32 Å². The number of nitrogens with one attached hydrogen (secondary N) is 1. The van der Waals surface area contributed by atoms with E-state index in [1.54, 1.807) is 6.07 Å². The van der Waals surface area contributed by atoms with Gasteiger partial charge >= 0.3 is 6.18 Å². The summed E-state index contributed by atoms with van der Waals surface area (Å²) in [5.41, 5.74) is -1.63. The highest BCUT2D eigenvalue weighted by Gasteiger charge is 2.34. The van der Waals surface area contributed by atoms with Gasteiger partial charge in [-0.3, -0.25) is 4.79 Å². The monoisotopic (exact) mass is 262 g/mol. The van der Waals surface area contributed by atoms with Gasteiger partial charge in [-0.1, -0.05) is 0 Å². The van der Waals surface area contributed by atoms with Crippen LogP contribution in [-0.4, -0.2) is 11.8 Å². The molecule has 0 saturated heterocycles. The maximum atomic E-state index is 12.6. The maximum absolute atomic E-state index is 12.6. The molecule has 0 aliphatic heterocycles. The molecule has 0 aliphatic rings. The van der Waals surface area contributed by atoms with Gasteiger partial charge in [-0.15, -0.1) is 11.6 Å². The molecule has 1 aromatic carbocycles. The average molecular weight is 263 g/mol. The molecule has 0 spiro atoms. The third-order valence-corrected chi connectivity index (χ3v) is 2.09. The van der Waals surface area contributed by atoms with Gasteiger partial charge in [-0.05, 0) is 18.2 Å². The van der Waals surface area contributed by atoms with Crippen LogP contribution in [0.3, 0.4) is 0 Å². The van der Waals surface area contributed by atoms with Crippen LogP contribution in [0.2, 0.25) is 0 Å². The second-order valence-electron chi connectivity index (χ2n) is 3.05. The van der Waals surface area contributed by atoms with Crippen LogP contribution >= 0.6 is 11.6 Å². The van der Waals surface area contributed by atoms with Gasteiger partial charge in [0.15, 0.2) is 0 Å². The van der Waals surface area contributed by atoms with Crippen molar-refractivity contribution in [2.24, 2.45) is 0 Å². The molecule has 1 aromatic rings. The van der Waals surface area contributed by atoms with Crippen molar-refractivity contribution in [1.82, 2.24) is 0 Å². The van der Waals surface area contributed by atoms with E-state index in [0.717, 1.165) is 6.07 Å². The topological polar surface area (TPSA) is 52.9 Å². The number of benzene rings is 1. The van der Waals surface area contributed by atoms with Crippen LogP contribution in [0.1, 0.15) is 11.1 Å². The lowest BCUT2D eigenvalue weighted by Crippen LogP contribution is -2.17. The van der Waals surface area contributed by atoms with E-state index in [1.165, 1.54) is 6.07 Å². The molecular weight excluding hydrogens is 257 g/mol. The Morgan fingerprint density at radius 2 is 2.12 bits per heavy atom. The van der Waals surface area contributed by atoms with Gasteiger partial charge in [-0.2, -0.15) is 18.4 Å². The van der Waals surface area contributed by atoms with Crippen molar-refractivity contribution in [2.45, 2.75) is 6.18 Å². The summed E-state index contributed by atoms with van der Waals surface area (Å²) in [7, 11) is 0. The van der Waals surface area contributed by atoms with Crippen LogP contribution < -0.4 is 5.32 Å². The Bertz CT molecular complexity index is 479. The van der Waals surface area contributed by atoms with E-state index < -0.39 is 29.2 Å². The summed E-state index contributed by atoms with van der Waals surface area (Å²) in [5, 5.41) is 10.5. The molecule has 0 heterocycles. The predicted molar refractivity (Wildman–Crippen MR) is 55.5 cm³/mol. The number of nitriles is 1. The molecule has 0 saturated carbocycles. The van der Waals surface area contributed by atoms with Crippen LogP contribution in [-0.2, 0) is 11.0 Å². The number of hydrogen-bond donors (Lipinski definition) is 1. The van der Waals surface area contributed by atoms with Crippen molar-refractivity contribution in [3.63, 3.8) is 0 Å². The minimum absolute atomic E-state index is 0.138. The van der Waals surface area contributed by atoms with E-state index >= 15 is 0 Å². The Labute approximate surface area is 99.8 Å². The zero-order valence-electron chi connectivity index (χ0n) is 8.31. The highest BCUT2D eigenvalue weighted by atomic mass is 35.5. The van der Waals surface area contributed by atoms with Crippen molar-refractivity contribution in [1.29, 1.82) is 5.26 Å². The molecule has 3 nitrogen and oxygen atoms in total. The number of rotatable bonds is 2. The van der Waals surface area contributed by atoms with Crippen molar-refractivity contribution >= 4 is 23.2 Å².